The van der Waals surface area contributed by atoms with E-state index >= 15 is 9.59 Å². The van der Waals surface area contributed by atoms with Crippen LogP contribution in [-0.4, -0.2) is 181 Å². The van der Waals surface area contributed by atoms with E-state index in [1.54, 1.807) is 97.6 Å². The Hall–Kier alpha value is -6.92. The zero-order valence-electron chi connectivity index (χ0n) is 49.7. The van der Waals surface area contributed by atoms with Gasteiger partial charge in [-0.1, -0.05) is 80.6 Å². The highest BCUT2D eigenvalue weighted by Crippen LogP contribution is 2.67. The normalized spacial score (nSPS) is 27.7. The number of benzene rings is 3. The van der Waals surface area contributed by atoms with E-state index in [-0.39, 0.29) is 86.5 Å². The number of nitrogens with zero attached hydrogens (tertiary/aromatic N) is 1. The number of aliphatic hydroxyl groups excluding tert-OH is 2. The number of fused-ring (bicyclic) bond motifs is 5. The van der Waals surface area contributed by atoms with Crippen molar-refractivity contribution in [2.45, 2.75) is 140 Å². The molecule has 22 nitrogen and oxygen atoms in total. The summed E-state index contributed by atoms with van der Waals surface area (Å²) in [6.45, 7) is 10.5. The predicted octanol–water partition coefficient (Wildman–Crippen LogP) is 4.31. The van der Waals surface area contributed by atoms with Crippen molar-refractivity contribution >= 4 is 47.4 Å². The maximum atomic E-state index is 15.9. The van der Waals surface area contributed by atoms with Crippen LogP contribution in [0.4, 0.5) is 0 Å². The third-order valence-electron chi connectivity index (χ3n) is 18.1. The van der Waals surface area contributed by atoms with Gasteiger partial charge in [-0.15, -0.1) is 0 Å². The number of Topliss-reactive ketones (excluding diaryl/α,β-unsaturated/α-hetero) is 1. The molecule has 2 amide bonds. The lowest BCUT2D eigenvalue weighted by molar-refractivity contribution is -0.296. The van der Waals surface area contributed by atoms with Gasteiger partial charge in [-0.25, -0.2) is 9.59 Å². The van der Waals surface area contributed by atoms with E-state index in [4.69, 9.17) is 43.0 Å². The first-order chi connectivity index (χ1) is 41.0. The van der Waals surface area contributed by atoms with Gasteiger partial charge in [-0.2, -0.15) is 0 Å². The van der Waals surface area contributed by atoms with Gasteiger partial charge in [0.2, 0.25) is 12.0 Å². The zero-order valence-corrected chi connectivity index (χ0v) is 49.7. The van der Waals surface area contributed by atoms with Crippen LogP contribution in [0, 0.1) is 22.7 Å². The maximum Gasteiger partial charge on any atom is 0.350 e. The molecule has 3 aromatic rings. The fourth-order valence-electron chi connectivity index (χ4n) is 13.5. The number of rotatable bonds is 25. The van der Waals surface area contributed by atoms with Crippen LogP contribution in [-0.2, 0) is 66.7 Å². The van der Waals surface area contributed by atoms with Crippen molar-refractivity contribution in [3.63, 3.8) is 0 Å². The number of amides is 2. The molecule has 1 aliphatic heterocycles. The Morgan fingerprint density at radius 2 is 1.34 bits per heavy atom. The summed E-state index contributed by atoms with van der Waals surface area (Å²) in [7, 11) is 0. The van der Waals surface area contributed by atoms with Gasteiger partial charge in [0, 0.05) is 62.7 Å². The number of piperidine rings is 1. The van der Waals surface area contributed by atoms with E-state index in [0.717, 1.165) is 6.92 Å². The second kappa shape index (κ2) is 28.3. The predicted molar refractivity (Wildman–Crippen MR) is 306 cm³/mol. The van der Waals surface area contributed by atoms with Gasteiger partial charge < -0.3 is 63.8 Å². The SMILES string of the molecule is CC(=O)O[C@H]1C(=O)[C@@]2(C)[C@H]([C@H](OC(=O)c3ccccc3)[C@]3(O)C[C@H](OC(=O)[C@H](OC(=O)CN4CCC(NC(=O)CCOCCOCCOCCO)CC4)[C@@H](NC(=O)c4ccccc4)c4ccccc4)C(C)=C1C3(C)C)[C@]1(OC(C)=O)CC[C@@H]1C[C@@H]2O. The average molecular weight is 1200 g/mol. The van der Waals surface area contributed by atoms with Crippen LogP contribution in [0.5, 0.6) is 0 Å². The summed E-state index contributed by atoms with van der Waals surface area (Å²) in [6.07, 6.45) is -7.67. The molecule has 1 heterocycles. The van der Waals surface area contributed by atoms with Gasteiger partial charge in [-0.3, -0.25) is 33.7 Å². The molecule has 2 bridgehead atoms. The van der Waals surface area contributed by atoms with Gasteiger partial charge in [0.15, 0.2) is 11.9 Å². The van der Waals surface area contributed by atoms with Crippen molar-refractivity contribution in [1.29, 1.82) is 0 Å². The van der Waals surface area contributed by atoms with Gasteiger partial charge in [0.05, 0.1) is 75.8 Å². The first-order valence-electron chi connectivity index (χ1n) is 29.5. The molecule has 8 rings (SSSR count). The fourth-order valence-corrected chi connectivity index (χ4v) is 13.5. The van der Waals surface area contributed by atoms with Gasteiger partial charge in [0.1, 0.15) is 29.5 Å². The van der Waals surface area contributed by atoms with Crippen molar-refractivity contribution < 1.29 is 91.6 Å². The number of nitrogens with one attached hydrogen (secondary N) is 2. The molecule has 0 spiro atoms. The number of carbonyl (C=O) groups excluding carboxylic acids is 8. The molecule has 4 aliphatic carbocycles. The summed E-state index contributed by atoms with van der Waals surface area (Å²) < 4.78 is 47.7. The molecule has 0 unspecified atom stereocenters. The molecule has 0 radical (unpaired) electrons. The zero-order chi connectivity index (χ0) is 62.0. The molecular formula is C64H81N3O19. The number of esters is 5. The van der Waals surface area contributed by atoms with Crippen molar-refractivity contribution in [2.75, 3.05) is 65.9 Å². The van der Waals surface area contributed by atoms with Gasteiger partial charge in [-0.05, 0) is 86.9 Å². The van der Waals surface area contributed by atoms with E-state index in [9.17, 15) is 39.0 Å². The molecule has 22 heteroatoms. The number of aliphatic hydroxyl groups is 3. The van der Waals surface area contributed by atoms with Crippen LogP contribution in [0.25, 0.3) is 0 Å². The lowest BCUT2D eigenvalue weighted by atomic mass is 9.41. The highest BCUT2D eigenvalue weighted by Gasteiger charge is 2.77. The molecule has 3 aromatic carbocycles. The first kappa shape index (κ1) is 65.1. The molecule has 5 aliphatic rings. The van der Waals surface area contributed by atoms with Crippen LogP contribution < -0.4 is 10.6 Å². The van der Waals surface area contributed by atoms with Crippen LogP contribution in [0.15, 0.2) is 102 Å². The minimum Gasteiger partial charge on any atom is -0.458 e. The number of ketones is 1. The summed E-state index contributed by atoms with van der Waals surface area (Å²) in [5.41, 5.74) is -7.08. The Kier molecular flexibility index (Phi) is 21.4. The summed E-state index contributed by atoms with van der Waals surface area (Å²) in [6, 6.07) is 22.8. The molecule has 11 atom stereocenters. The maximum absolute atomic E-state index is 15.9. The molecule has 86 heavy (non-hydrogen) atoms. The van der Waals surface area contributed by atoms with Crippen LogP contribution in [0.2, 0.25) is 0 Å². The monoisotopic (exact) mass is 1200 g/mol. The molecule has 5 N–H and O–H groups in total. The second-order valence-corrected chi connectivity index (χ2v) is 23.7. The Balaban J connectivity index is 1.11. The highest BCUT2D eigenvalue weighted by molar-refractivity contribution is 5.96. The Bertz CT molecular complexity index is 2930. The van der Waals surface area contributed by atoms with Crippen molar-refractivity contribution in [1.82, 2.24) is 15.5 Å². The highest BCUT2D eigenvalue weighted by atomic mass is 16.6. The molecular weight excluding hydrogens is 1110 g/mol. The summed E-state index contributed by atoms with van der Waals surface area (Å²) in [5, 5.41) is 41.2. The first-order valence-corrected chi connectivity index (χ1v) is 29.5. The minimum absolute atomic E-state index is 0.0214. The Morgan fingerprint density at radius 1 is 0.744 bits per heavy atom. The summed E-state index contributed by atoms with van der Waals surface area (Å²) in [5.74, 6) is -8.41. The van der Waals surface area contributed by atoms with Crippen LogP contribution in [0.1, 0.15) is 119 Å². The van der Waals surface area contributed by atoms with Gasteiger partial charge in [0.25, 0.3) is 5.91 Å². The quantitative estimate of drug-likeness (QED) is 0.0342. The minimum atomic E-state index is -2.44. The van der Waals surface area contributed by atoms with E-state index in [2.05, 4.69) is 10.6 Å². The van der Waals surface area contributed by atoms with E-state index in [0.29, 0.717) is 57.7 Å². The third kappa shape index (κ3) is 14.1. The van der Waals surface area contributed by atoms with Crippen LogP contribution >= 0.6 is 0 Å². The molecule has 1 saturated heterocycles. The molecule has 0 aromatic heterocycles. The molecule has 3 saturated carbocycles. The lowest BCUT2D eigenvalue weighted by Crippen LogP contribution is -2.78. The molecule has 4 fully saturated rings. The molecule has 466 valence electrons. The summed E-state index contributed by atoms with van der Waals surface area (Å²) >= 11 is 0. The largest absolute Gasteiger partial charge is 0.458 e. The Morgan fingerprint density at radius 3 is 1.92 bits per heavy atom. The number of ether oxygens (including phenoxy) is 8. The lowest BCUT2D eigenvalue weighted by Gasteiger charge is -2.68. The average Bonchev–Trinajstić information content (AvgIpc) is 0.674. The number of carbonyl (C=O) groups is 8. The topological polar surface area (TPSA) is 298 Å². The number of hydrogen-bond acceptors (Lipinski definition) is 20. The number of likely N-dealkylation sites (tertiary alicyclic amines) is 1. The summed E-state index contributed by atoms with van der Waals surface area (Å²) in [4.78, 5) is 116. The Labute approximate surface area is 500 Å². The van der Waals surface area contributed by atoms with Crippen LogP contribution in [0.3, 0.4) is 0 Å². The number of hydrogen-bond donors (Lipinski definition) is 5. The standard InChI is InChI=1S/C64H81N3O19/c1-39-47(37-64(78)57(85-59(76)44-20-14-9-15-21-44)55-62(6,48(71)36-45-22-26-63(45,55)86-41(3)70)56(74)53(82-40(2)69)51(39)61(64,4)5)83-60(77)54(52(42-16-10-7-11-17-42)66-58(75)43-18-12-8-13-19-43)84-50(73)38-67-27-23-46(24-28-67)65-49(72)25-30-79-32-34-81-35-33-80-31-29-68/h7-21,45-48,52-55,57,68,71,78H,22-38H2,1-6H3,(H,65,72)(H,66,75)/t45-,47+,48+,52+,53-,54-,55+,57+,62-,63+,64-/m1/s1. The van der Waals surface area contributed by atoms with E-state index < -0.39 is 118 Å². The van der Waals surface area contributed by atoms with E-state index in [1.807, 2.05) is 0 Å². The fraction of sp³-hybridized carbons (Fsp3) is 0.562. The smallest absolute Gasteiger partial charge is 0.350 e. The van der Waals surface area contributed by atoms with Crippen molar-refractivity contribution in [3.05, 3.63) is 119 Å². The van der Waals surface area contributed by atoms with Crippen molar-refractivity contribution in [3.8, 4) is 0 Å². The third-order valence-corrected chi connectivity index (χ3v) is 18.1. The van der Waals surface area contributed by atoms with Crippen molar-refractivity contribution in [2.24, 2.45) is 22.7 Å². The van der Waals surface area contributed by atoms with E-state index in [1.165, 1.54) is 32.9 Å². The van der Waals surface area contributed by atoms with Gasteiger partial charge >= 0.3 is 29.8 Å². The second-order valence-electron chi connectivity index (χ2n) is 23.7.